The molecule has 1 aliphatic rings. The molecule has 0 aliphatic carbocycles. The molecule has 1 saturated heterocycles. The first kappa shape index (κ1) is 20.8. The Kier molecular flexibility index (Phi) is 6.34. The van der Waals surface area contributed by atoms with E-state index in [9.17, 15) is 8.78 Å². The van der Waals surface area contributed by atoms with Crippen molar-refractivity contribution in [1.29, 1.82) is 0 Å². The van der Waals surface area contributed by atoms with Gasteiger partial charge in [-0.05, 0) is 60.3 Å². The van der Waals surface area contributed by atoms with E-state index in [1.807, 2.05) is 38.4 Å². The monoisotopic (exact) mass is 405 g/mol. The zero-order valence-corrected chi connectivity index (χ0v) is 16.8. The highest BCUT2D eigenvalue weighted by Gasteiger charge is 2.44. The molecule has 0 unspecified atom stereocenters. The van der Waals surface area contributed by atoms with Crippen molar-refractivity contribution in [3.05, 3.63) is 90.0 Å². The fourth-order valence-corrected chi connectivity index (χ4v) is 3.38. The highest BCUT2D eigenvalue weighted by Crippen LogP contribution is 2.13. The van der Waals surface area contributed by atoms with Crippen molar-refractivity contribution >= 4 is 37.7 Å². The van der Waals surface area contributed by atoms with Gasteiger partial charge in [0.25, 0.3) is 0 Å². The predicted octanol–water partition coefficient (Wildman–Crippen LogP) is 1.58. The van der Waals surface area contributed by atoms with Crippen LogP contribution in [0, 0.1) is 11.6 Å². The zero-order chi connectivity index (χ0) is 21.1. The number of benzene rings is 3. The molecule has 0 bridgehead atoms. The van der Waals surface area contributed by atoms with E-state index < -0.39 is 21.4 Å². The van der Waals surface area contributed by atoms with Gasteiger partial charge in [-0.15, -0.1) is 0 Å². The number of halogens is 2. The third-order valence-electron chi connectivity index (χ3n) is 4.82. The van der Waals surface area contributed by atoms with E-state index in [4.69, 9.17) is 13.7 Å². The molecule has 150 valence electrons. The Labute approximate surface area is 176 Å². The summed E-state index contributed by atoms with van der Waals surface area (Å²) >= 11 is 0. The standard InChI is InChI=1S/C21H20B3F2NO3/c1-27(2)15-16-5-3-4-6-21(16)24-29-22(17-7-11-19(25)12-8-17)28-23(30-24)18-9-13-20(26)14-10-18/h3-14H,15H2,1-2H3. The lowest BCUT2D eigenvalue weighted by Gasteiger charge is -2.32. The molecule has 4 nitrogen and oxygen atoms in total. The van der Waals surface area contributed by atoms with E-state index in [2.05, 4.69) is 4.90 Å². The van der Waals surface area contributed by atoms with Gasteiger partial charge >= 0.3 is 21.4 Å². The second-order valence-electron chi connectivity index (χ2n) is 7.44. The zero-order valence-electron chi connectivity index (χ0n) is 16.8. The molecule has 3 aromatic carbocycles. The van der Waals surface area contributed by atoms with Crippen LogP contribution in [0.15, 0.2) is 72.8 Å². The fraction of sp³-hybridized carbons (Fsp3) is 0.143. The fourth-order valence-electron chi connectivity index (χ4n) is 3.38. The molecule has 30 heavy (non-hydrogen) atoms. The van der Waals surface area contributed by atoms with Crippen LogP contribution in [-0.4, -0.2) is 40.4 Å². The van der Waals surface area contributed by atoms with Gasteiger partial charge in [0.05, 0.1) is 0 Å². The summed E-state index contributed by atoms with van der Waals surface area (Å²) in [4.78, 5) is 2.06. The first-order valence-electron chi connectivity index (χ1n) is 9.69. The minimum absolute atomic E-state index is 0.339. The van der Waals surface area contributed by atoms with E-state index in [1.54, 1.807) is 24.3 Å². The topological polar surface area (TPSA) is 30.9 Å². The van der Waals surface area contributed by atoms with E-state index in [0.717, 1.165) is 11.0 Å². The third kappa shape index (κ3) is 4.82. The van der Waals surface area contributed by atoms with Crippen LogP contribution in [0.2, 0.25) is 0 Å². The van der Waals surface area contributed by atoms with Crippen LogP contribution in [0.1, 0.15) is 5.56 Å². The van der Waals surface area contributed by atoms with Gasteiger partial charge in [-0.2, -0.15) is 0 Å². The molecule has 0 radical (unpaired) electrons. The number of hydrogen-bond acceptors (Lipinski definition) is 4. The summed E-state index contributed by atoms with van der Waals surface area (Å²) in [5.41, 5.74) is 3.28. The number of rotatable bonds is 5. The SMILES string of the molecule is CN(C)Cc1ccccc1B1OB(c2ccc(F)cc2)OB(c2ccc(F)cc2)O1. The Morgan fingerprint density at radius 1 is 0.667 bits per heavy atom. The summed E-state index contributed by atoms with van der Waals surface area (Å²) in [5, 5.41) is 0. The Bertz CT molecular complexity index is 936. The van der Waals surface area contributed by atoms with E-state index in [1.165, 1.54) is 24.3 Å². The van der Waals surface area contributed by atoms with Gasteiger partial charge in [0, 0.05) is 6.54 Å². The molecule has 1 fully saturated rings. The second-order valence-corrected chi connectivity index (χ2v) is 7.44. The van der Waals surface area contributed by atoms with Gasteiger partial charge in [0.1, 0.15) is 11.6 Å². The van der Waals surface area contributed by atoms with Crippen molar-refractivity contribution in [2.24, 2.45) is 0 Å². The molecule has 1 aliphatic heterocycles. The van der Waals surface area contributed by atoms with Crippen molar-refractivity contribution in [2.75, 3.05) is 14.1 Å². The quantitative estimate of drug-likeness (QED) is 0.604. The minimum atomic E-state index is -0.771. The molecule has 0 saturated carbocycles. The van der Waals surface area contributed by atoms with Gasteiger partial charge in [-0.3, -0.25) is 0 Å². The maximum Gasteiger partial charge on any atom is 0.467 e. The average molecular weight is 405 g/mol. The highest BCUT2D eigenvalue weighted by molar-refractivity contribution is 6.87. The summed E-state index contributed by atoms with van der Waals surface area (Å²) in [5.74, 6) is -0.678. The summed E-state index contributed by atoms with van der Waals surface area (Å²) in [7, 11) is 1.73. The first-order chi connectivity index (χ1) is 14.5. The van der Waals surface area contributed by atoms with E-state index >= 15 is 0 Å². The lowest BCUT2D eigenvalue weighted by Crippen LogP contribution is -2.61. The molecule has 0 amide bonds. The van der Waals surface area contributed by atoms with Crippen LogP contribution >= 0.6 is 0 Å². The normalized spacial score (nSPS) is 14.5. The van der Waals surface area contributed by atoms with Crippen LogP contribution in [0.4, 0.5) is 8.78 Å². The van der Waals surface area contributed by atoms with Crippen LogP contribution < -0.4 is 16.4 Å². The summed E-state index contributed by atoms with van der Waals surface area (Å²) in [6, 6.07) is 19.8. The molecule has 1 heterocycles. The summed E-state index contributed by atoms with van der Waals surface area (Å²) in [6.45, 7) is 0.711. The molecule has 9 heteroatoms. The van der Waals surface area contributed by atoms with Crippen molar-refractivity contribution < 1.29 is 22.5 Å². The van der Waals surface area contributed by atoms with Crippen LogP contribution in [0.3, 0.4) is 0 Å². The van der Waals surface area contributed by atoms with E-state index in [-0.39, 0.29) is 11.6 Å². The van der Waals surface area contributed by atoms with Gasteiger partial charge in [-0.1, -0.05) is 48.5 Å². The third-order valence-corrected chi connectivity index (χ3v) is 4.82. The van der Waals surface area contributed by atoms with E-state index in [0.29, 0.717) is 17.5 Å². The summed E-state index contributed by atoms with van der Waals surface area (Å²) in [6.07, 6.45) is 0. The van der Waals surface area contributed by atoms with Gasteiger partial charge in [-0.25, -0.2) is 8.78 Å². The number of nitrogens with zero attached hydrogens (tertiary/aromatic N) is 1. The van der Waals surface area contributed by atoms with Crippen LogP contribution in [-0.2, 0) is 20.3 Å². The predicted molar refractivity (Wildman–Crippen MR) is 116 cm³/mol. The van der Waals surface area contributed by atoms with Crippen molar-refractivity contribution in [3.63, 3.8) is 0 Å². The average Bonchev–Trinajstić information content (AvgIpc) is 2.74. The molecular weight excluding hydrogens is 385 g/mol. The molecular formula is C21H20B3F2NO3. The van der Waals surface area contributed by atoms with Gasteiger partial charge in [0.2, 0.25) is 0 Å². The smallest absolute Gasteiger partial charge is 0.445 e. The van der Waals surface area contributed by atoms with Gasteiger partial charge in [0.15, 0.2) is 0 Å². The maximum atomic E-state index is 13.4. The minimum Gasteiger partial charge on any atom is -0.445 e. The molecule has 0 N–H and O–H groups in total. The molecule has 3 aromatic rings. The van der Waals surface area contributed by atoms with Crippen molar-refractivity contribution in [1.82, 2.24) is 4.90 Å². The van der Waals surface area contributed by atoms with Crippen LogP contribution in [0.25, 0.3) is 0 Å². The highest BCUT2D eigenvalue weighted by atomic mass is 19.1. The molecule has 0 aromatic heterocycles. The lowest BCUT2D eigenvalue weighted by atomic mass is 9.61. The molecule has 0 atom stereocenters. The second kappa shape index (κ2) is 9.14. The maximum absolute atomic E-state index is 13.4. The Balaban J connectivity index is 1.69. The Hall–Kier alpha value is -2.45. The van der Waals surface area contributed by atoms with Crippen LogP contribution in [0.5, 0.6) is 0 Å². The molecule has 0 spiro atoms. The van der Waals surface area contributed by atoms with Gasteiger partial charge < -0.3 is 18.6 Å². The Morgan fingerprint density at radius 3 is 1.63 bits per heavy atom. The first-order valence-corrected chi connectivity index (χ1v) is 9.69. The lowest BCUT2D eigenvalue weighted by molar-refractivity contribution is 0.308. The van der Waals surface area contributed by atoms with Crippen molar-refractivity contribution in [2.45, 2.75) is 6.54 Å². The van der Waals surface area contributed by atoms with Crippen molar-refractivity contribution in [3.8, 4) is 0 Å². The number of hydrogen-bond donors (Lipinski definition) is 0. The summed E-state index contributed by atoms with van der Waals surface area (Å²) < 4.78 is 45.1. The largest absolute Gasteiger partial charge is 0.467 e. The Morgan fingerprint density at radius 2 is 1.13 bits per heavy atom. The molecule has 4 rings (SSSR count).